The second-order valence-electron chi connectivity index (χ2n) is 9.16. The molecule has 0 bridgehead atoms. The third-order valence-corrected chi connectivity index (χ3v) is 6.61. The Balaban J connectivity index is 1.24. The first-order valence-corrected chi connectivity index (χ1v) is 11.8. The van der Waals surface area contributed by atoms with Crippen molar-refractivity contribution in [2.45, 2.75) is 45.2 Å². The number of ether oxygens (including phenoxy) is 1. The quantitative estimate of drug-likeness (QED) is 0.431. The van der Waals surface area contributed by atoms with Crippen LogP contribution in [0.3, 0.4) is 0 Å². The van der Waals surface area contributed by atoms with Crippen molar-refractivity contribution >= 4 is 16.9 Å². The zero-order valence-electron chi connectivity index (χ0n) is 19.9. The van der Waals surface area contributed by atoms with Crippen LogP contribution in [-0.2, 0) is 6.54 Å². The number of benzene rings is 2. The van der Waals surface area contributed by atoms with Crippen molar-refractivity contribution in [1.82, 2.24) is 29.4 Å². The van der Waals surface area contributed by atoms with E-state index in [0.717, 1.165) is 55.1 Å². The molecule has 1 fully saturated rings. The van der Waals surface area contributed by atoms with Crippen LogP contribution in [0, 0.1) is 0 Å². The van der Waals surface area contributed by atoms with E-state index in [0.29, 0.717) is 11.5 Å². The number of nitrogens with zero attached hydrogens (tertiary/aromatic N) is 6. The Morgan fingerprint density at radius 2 is 1.88 bits per heavy atom. The molecule has 0 atom stereocenters. The van der Waals surface area contributed by atoms with Crippen LogP contribution in [0.15, 0.2) is 54.9 Å². The first-order chi connectivity index (χ1) is 16.5. The average Bonchev–Trinajstić information content (AvgIpc) is 3.51. The number of aromatic nitrogens is 5. The van der Waals surface area contributed by atoms with Crippen LogP contribution >= 0.6 is 0 Å². The van der Waals surface area contributed by atoms with Gasteiger partial charge in [0, 0.05) is 49.6 Å². The summed E-state index contributed by atoms with van der Waals surface area (Å²) in [4.78, 5) is 19.8. The van der Waals surface area contributed by atoms with Crippen molar-refractivity contribution in [2.75, 3.05) is 20.2 Å². The molecular weight excluding hydrogens is 428 g/mol. The highest BCUT2D eigenvalue weighted by Gasteiger charge is 2.27. The van der Waals surface area contributed by atoms with Crippen molar-refractivity contribution < 1.29 is 9.53 Å². The highest BCUT2D eigenvalue weighted by molar-refractivity contribution is 5.97. The topological polar surface area (TPSA) is 78.1 Å². The van der Waals surface area contributed by atoms with Crippen LogP contribution in [0.5, 0.6) is 5.75 Å². The highest BCUT2D eigenvalue weighted by atomic mass is 16.5. The summed E-state index contributed by atoms with van der Waals surface area (Å²) in [6.07, 6.45) is 5.71. The Hall–Kier alpha value is -3.68. The highest BCUT2D eigenvalue weighted by Crippen LogP contribution is 2.29. The second kappa shape index (κ2) is 9.29. The Bertz CT molecular complexity index is 1280. The fourth-order valence-corrected chi connectivity index (χ4v) is 4.72. The minimum Gasteiger partial charge on any atom is -0.497 e. The lowest BCUT2D eigenvalue weighted by Crippen LogP contribution is -2.38. The SMILES string of the molecule is COc1ccc(Cn2ccnc2C2CCN(C(=O)c3ccc4c(c3)nnn4C(C)C)CC2)cc1. The van der Waals surface area contributed by atoms with Gasteiger partial charge in [-0.15, -0.1) is 5.10 Å². The molecule has 8 heteroatoms. The Morgan fingerprint density at radius 1 is 1.12 bits per heavy atom. The summed E-state index contributed by atoms with van der Waals surface area (Å²) in [5.41, 5.74) is 3.59. The molecule has 34 heavy (non-hydrogen) atoms. The molecule has 1 aliphatic heterocycles. The van der Waals surface area contributed by atoms with E-state index in [4.69, 9.17) is 4.74 Å². The van der Waals surface area contributed by atoms with Gasteiger partial charge >= 0.3 is 0 Å². The molecule has 0 aliphatic carbocycles. The molecule has 0 spiro atoms. The molecule has 1 aliphatic rings. The number of rotatable bonds is 6. The number of amides is 1. The number of piperidine rings is 1. The lowest BCUT2D eigenvalue weighted by molar-refractivity contribution is 0.0710. The molecule has 0 N–H and O–H groups in total. The molecule has 1 amide bonds. The van der Waals surface area contributed by atoms with Gasteiger partial charge in [-0.1, -0.05) is 17.3 Å². The van der Waals surface area contributed by atoms with Crippen LogP contribution in [0.2, 0.25) is 0 Å². The van der Waals surface area contributed by atoms with E-state index in [1.165, 1.54) is 5.56 Å². The first kappa shape index (κ1) is 22.1. The number of hydrogen-bond donors (Lipinski definition) is 0. The summed E-state index contributed by atoms with van der Waals surface area (Å²) in [6.45, 7) is 6.35. The molecule has 0 saturated carbocycles. The van der Waals surface area contributed by atoms with Gasteiger partial charge in [-0.25, -0.2) is 9.67 Å². The smallest absolute Gasteiger partial charge is 0.253 e. The van der Waals surface area contributed by atoms with Crippen molar-refractivity contribution in [3.63, 3.8) is 0 Å². The summed E-state index contributed by atoms with van der Waals surface area (Å²) in [6, 6.07) is 14.1. The van der Waals surface area contributed by atoms with Crippen LogP contribution in [0.25, 0.3) is 11.0 Å². The number of likely N-dealkylation sites (tertiary alicyclic amines) is 1. The first-order valence-electron chi connectivity index (χ1n) is 11.8. The Morgan fingerprint density at radius 3 is 2.59 bits per heavy atom. The molecule has 1 saturated heterocycles. The lowest BCUT2D eigenvalue weighted by atomic mass is 9.95. The maximum Gasteiger partial charge on any atom is 0.253 e. The summed E-state index contributed by atoms with van der Waals surface area (Å²) in [5.74, 6) is 2.34. The predicted octanol–water partition coefficient (Wildman–Crippen LogP) is 4.29. The molecular formula is C26H30N6O2. The van der Waals surface area contributed by atoms with Crippen molar-refractivity contribution in [3.05, 3.63) is 71.8 Å². The minimum absolute atomic E-state index is 0.0565. The van der Waals surface area contributed by atoms with Gasteiger partial charge in [-0.3, -0.25) is 4.79 Å². The largest absolute Gasteiger partial charge is 0.497 e. The van der Waals surface area contributed by atoms with E-state index in [-0.39, 0.29) is 11.9 Å². The summed E-state index contributed by atoms with van der Waals surface area (Å²) in [5, 5.41) is 8.47. The van der Waals surface area contributed by atoms with E-state index in [2.05, 4.69) is 45.8 Å². The van der Waals surface area contributed by atoms with Crippen molar-refractivity contribution in [1.29, 1.82) is 0 Å². The van der Waals surface area contributed by atoms with Gasteiger partial charge in [-0.2, -0.15) is 0 Å². The van der Waals surface area contributed by atoms with Gasteiger partial charge in [0.1, 0.15) is 17.1 Å². The summed E-state index contributed by atoms with van der Waals surface area (Å²) in [7, 11) is 1.68. The van der Waals surface area contributed by atoms with E-state index in [1.807, 2.05) is 52.3 Å². The number of fused-ring (bicyclic) bond motifs is 1. The Kier molecular flexibility index (Phi) is 6.04. The zero-order chi connectivity index (χ0) is 23.7. The van der Waals surface area contributed by atoms with Crippen LogP contribution in [0.4, 0.5) is 0 Å². The summed E-state index contributed by atoms with van der Waals surface area (Å²) >= 11 is 0. The van der Waals surface area contributed by atoms with Crippen molar-refractivity contribution in [3.8, 4) is 5.75 Å². The van der Waals surface area contributed by atoms with Gasteiger partial charge in [0.15, 0.2) is 0 Å². The molecule has 0 radical (unpaired) electrons. The molecule has 2 aromatic carbocycles. The van der Waals surface area contributed by atoms with E-state index in [1.54, 1.807) is 7.11 Å². The van der Waals surface area contributed by atoms with Gasteiger partial charge in [0.2, 0.25) is 0 Å². The summed E-state index contributed by atoms with van der Waals surface area (Å²) < 4.78 is 9.35. The molecule has 0 unspecified atom stereocenters. The average molecular weight is 459 g/mol. The zero-order valence-corrected chi connectivity index (χ0v) is 19.9. The normalized spacial score (nSPS) is 14.8. The van der Waals surface area contributed by atoms with Crippen LogP contribution < -0.4 is 4.74 Å². The van der Waals surface area contributed by atoms with E-state index >= 15 is 0 Å². The molecule has 5 rings (SSSR count). The maximum atomic E-state index is 13.2. The van der Waals surface area contributed by atoms with Gasteiger partial charge < -0.3 is 14.2 Å². The predicted molar refractivity (Wildman–Crippen MR) is 130 cm³/mol. The minimum atomic E-state index is 0.0565. The molecule has 4 aromatic rings. The van der Waals surface area contributed by atoms with E-state index in [9.17, 15) is 4.79 Å². The number of methoxy groups -OCH3 is 1. The molecule has 8 nitrogen and oxygen atoms in total. The molecule has 176 valence electrons. The number of hydrogen-bond acceptors (Lipinski definition) is 5. The molecule has 3 heterocycles. The molecule has 2 aromatic heterocycles. The van der Waals surface area contributed by atoms with Gasteiger partial charge in [0.05, 0.1) is 12.6 Å². The van der Waals surface area contributed by atoms with Crippen LogP contribution in [0.1, 0.15) is 60.4 Å². The van der Waals surface area contributed by atoms with Crippen LogP contribution in [-0.4, -0.2) is 55.6 Å². The van der Waals surface area contributed by atoms with Gasteiger partial charge in [-0.05, 0) is 62.6 Å². The lowest BCUT2D eigenvalue weighted by Gasteiger charge is -2.32. The third-order valence-electron chi connectivity index (χ3n) is 6.61. The number of imidazole rings is 1. The van der Waals surface area contributed by atoms with E-state index < -0.39 is 0 Å². The third kappa shape index (κ3) is 4.27. The van der Waals surface area contributed by atoms with Crippen molar-refractivity contribution in [2.24, 2.45) is 0 Å². The Labute approximate surface area is 199 Å². The second-order valence-corrected chi connectivity index (χ2v) is 9.16. The maximum absolute atomic E-state index is 13.2. The number of carbonyl (C=O) groups is 1. The number of carbonyl (C=O) groups excluding carboxylic acids is 1. The monoisotopic (exact) mass is 458 g/mol. The van der Waals surface area contributed by atoms with Gasteiger partial charge in [0.25, 0.3) is 5.91 Å². The standard InChI is InChI=1S/C26H30N6O2/c1-18(2)32-24-9-6-21(16-23(24)28-29-32)26(33)30-13-10-20(11-14-30)25-27-12-15-31(25)17-19-4-7-22(34-3)8-5-19/h4-9,12,15-16,18,20H,10-11,13-14,17H2,1-3H3. The fourth-order valence-electron chi connectivity index (χ4n) is 4.72. The fraction of sp³-hybridized carbons (Fsp3) is 0.385.